The number of benzene rings is 1. The smallest absolute Gasteiger partial charge is 0.194 e. The number of guanidine groups is 1. The molecule has 1 aliphatic carbocycles. The molecule has 27 heavy (non-hydrogen) atoms. The van der Waals surface area contributed by atoms with Gasteiger partial charge in [-0.05, 0) is 31.9 Å². The molecule has 148 valence electrons. The fraction of sp³-hybridized carbons (Fsp3) is 0.500. The number of nitrogens with zero attached hydrogens (tertiary/aromatic N) is 4. The van der Waals surface area contributed by atoms with Gasteiger partial charge in [0, 0.05) is 31.9 Å². The summed E-state index contributed by atoms with van der Waals surface area (Å²) in [5.41, 5.74) is 1.53. The van der Waals surface area contributed by atoms with Gasteiger partial charge < -0.3 is 15.3 Å². The van der Waals surface area contributed by atoms with E-state index in [0.29, 0.717) is 13.1 Å². The van der Waals surface area contributed by atoms with E-state index in [0.717, 1.165) is 49.4 Å². The van der Waals surface area contributed by atoms with E-state index in [-0.39, 0.29) is 24.0 Å². The van der Waals surface area contributed by atoms with Crippen LogP contribution in [0.4, 0.5) is 0 Å². The maximum atomic E-state index is 10.5. The zero-order chi connectivity index (χ0) is 18.4. The van der Waals surface area contributed by atoms with Crippen molar-refractivity contribution in [3.8, 4) is 5.69 Å². The SMILES string of the molecule is CCNC(=NCC1(O)CCCC1)N(C)Cc1cnn(-c2ccccc2)c1.I. The van der Waals surface area contributed by atoms with Crippen molar-refractivity contribution in [2.45, 2.75) is 44.8 Å². The highest BCUT2D eigenvalue weighted by atomic mass is 127. The first-order valence-corrected chi connectivity index (χ1v) is 9.40. The number of halogens is 1. The zero-order valence-corrected chi connectivity index (χ0v) is 18.5. The Hall–Kier alpha value is -1.61. The number of aliphatic imine (C=N–C) groups is 1. The highest BCUT2D eigenvalue weighted by Gasteiger charge is 2.30. The molecule has 1 saturated carbocycles. The summed E-state index contributed by atoms with van der Waals surface area (Å²) in [5, 5.41) is 18.3. The second-order valence-corrected chi connectivity index (χ2v) is 7.09. The summed E-state index contributed by atoms with van der Waals surface area (Å²) in [6.45, 7) is 4.02. The van der Waals surface area contributed by atoms with Crippen LogP contribution < -0.4 is 5.32 Å². The van der Waals surface area contributed by atoms with Crippen LogP contribution in [0.2, 0.25) is 0 Å². The van der Waals surface area contributed by atoms with Crippen LogP contribution in [0.3, 0.4) is 0 Å². The summed E-state index contributed by atoms with van der Waals surface area (Å²) in [4.78, 5) is 6.76. The Morgan fingerprint density at radius 3 is 2.67 bits per heavy atom. The molecule has 7 heteroatoms. The molecule has 2 N–H and O–H groups in total. The van der Waals surface area contributed by atoms with Crippen LogP contribution in [-0.4, -0.2) is 51.5 Å². The fourth-order valence-corrected chi connectivity index (χ4v) is 3.40. The average Bonchev–Trinajstić information content (AvgIpc) is 3.29. The van der Waals surface area contributed by atoms with E-state index >= 15 is 0 Å². The minimum absolute atomic E-state index is 0. The molecule has 1 heterocycles. The molecular weight excluding hydrogens is 453 g/mol. The van der Waals surface area contributed by atoms with Crippen LogP contribution in [0.25, 0.3) is 5.69 Å². The lowest BCUT2D eigenvalue weighted by Crippen LogP contribution is -2.40. The van der Waals surface area contributed by atoms with E-state index in [1.807, 2.05) is 54.5 Å². The van der Waals surface area contributed by atoms with Crippen molar-refractivity contribution in [3.05, 3.63) is 48.3 Å². The van der Waals surface area contributed by atoms with Crippen molar-refractivity contribution in [2.75, 3.05) is 20.1 Å². The molecule has 2 aromatic rings. The van der Waals surface area contributed by atoms with Crippen LogP contribution in [0.1, 0.15) is 38.2 Å². The third kappa shape index (κ3) is 5.93. The van der Waals surface area contributed by atoms with Crippen molar-refractivity contribution in [3.63, 3.8) is 0 Å². The lowest BCUT2D eigenvalue weighted by atomic mass is 10.0. The van der Waals surface area contributed by atoms with Crippen molar-refractivity contribution in [1.82, 2.24) is 20.0 Å². The van der Waals surface area contributed by atoms with E-state index in [1.54, 1.807) is 0 Å². The molecule has 0 spiro atoms. The van der Waals surface area contributed by atoms with Crippen LogP contribution >= 0.6 is 24.0 Å². The molecule has 1 aromatic heterocycles. The van der Waals surface area contributed by atoms with Crippen LogP contribution in [-0.2, 0) is 6.54 Å². The molecular formula is C20H30IN5O. The molecule has 0 bridgehead atoms. The molecule has 0 amide bonds. The van der Waals surface area contributed by atoms with E-state index in [9.17, 15) is 5.11 Å². The Kier molecular flexibility index (Phi) is 8.09. The summed E-state index contributed by atoms with van der Waals surface area (Å²) in [5.74, 6) is 0.820. The lowest BCUT2D eigenvalue weighted by Gasteiger charge is -2.24. The van der Waals surface area contributed by atoms with E-state index in [2.05, 4.69) is 27.2 Å². The van der Waals surface area contributed by atoms with Gasteiger partial charge >= 0.3 is 0 Å². The second-order valence-electron chi connectivity index (χ2n) is 7.09. The van der Waals surface area contributed by atoms with Gasteiger partial charge in [-0.25, -0.2) is 4.68 Å². The highest BCUT2D eigenvalue weighted by Crippen LogP contribution is 2.29. The van der Waals surface area contributed by atoms with Gasteiger partial charge in [-0.3, -0.25) is 4.99 Å². The van der Waals surface area contributed by atoms with E-state index in [4.69, 9.17) is 0 Å². The summed E-state index contributed by atoms with van der Waals surface area (Å²) in [7, 11) is 2.01. The summed E-state index contributed by atoms with van der Waals surface area (Å²) in [6.07, 6.45) is 7.82. The lowest BCUT2D eigenvalue weighted by molar-refractivity contribution is 0.0572. The maximum absolute atomic E-state index is 10.5. The summed E-state index contributed by atoms with van der Waals surface area (Å²) < 4.78 is 1.88. The first kappa shape index (κ1) is 21.7. The van der Waals surface area contributed by atoms with Crippen LogP contribution in [0, 0.1) is 0 Å². The molecule has 0 atom stereocenters. The fourth-order valence-electron chi connectivity index (χ4n) is 3.40. The Morgan fingerprint density at radius 1 is 1.30 bits per heavy atom. The third-order valence-corrected chi connectivity index (χ3v) is 4.83. The molecule has 3 rings (SSSR count). The first-order chi connectivity index (χ1) is 12.6. The van der Waals surface area contributed by atoms with Crippen molar-refractivity contribution in [2.24, 2.45) is 4.99 Å². The predicted molar refractivity (Wildman–Crippen MR) is 120 cm³/mol. The minimum Gasteiger partial charge on any atom is -0.388 e. The van der Waals surface area contributed by atoms with Gasteiger partial charge in [-0.15, -0.1) is 24.0 Å². The van der Waals surface area contributed by atoms with Gasteiger partial charge in [0.05, 0.1) is 24.0 Å². The van der Waals surface area contributed by atoms with Gasteiger partial charge in [0.25, 0.3) is 0 Å². The zero-order valence-electron chi connectivity index (χ0n) is 16.1. The Balaban J connectivity index is 0.00000261. The number of aliphatic hydroxyl groups is 1. The van der Waals surface area contributed by atoms with E-state index < -0.39 is 5.60 Å². The molecule has 1 aromatic carbocycles. The highest BCUT2D eigenvalue weighted by molar-refractivity contribution is 14.0. The van der Waals surface area contributed by atoms with Crippen molar-refractivity contribution >= 4 is 29.9 Å². The number of hydrogen-bond donors (Lipinski definition) is 2. The summed E-state index contributed by atoms with van der Waals surface area (Å²) in [6, 6.07) is 10.1. The summed E-state index contributed by atoms with van der Waals surface area (Å²) >= 11 is 0. The quantitative estimate of drug-likeness (QED) is 0.377. The normalized spacial score (nSPS) is 16.0. The Bertz CT molecular complexity index is 725. The minimum atomic E-state index is -0.625. The van der Waals surface area contributed by atoms with Crippen LogP contribution in [0.15, 0.2) is 47.7 Å². The van der Waals surface area contributed by atoms with Gasteiger partial charge in [-0.1, -0.05) is 31.0 Å². The number of nitrogens with one attached hydrogen (secondary N) is 1. The van der Waals surface area contributed by atoms with Gasteiger partial charge in [0.15, 0.2) is 5.96 Å². The molecule has 0 aliphatic heterocycles. The van der Waals surface area contributed by atoms with E-state index in [1.165, 1.54) is 0 Å². The van der Waals surface area contributed by atoms with Gasteiger partial charge in [0.1, 0.15) is 0 Å². The predicted octanol–water partition coefficient (Wildman–Crippen LogP) is 3.19. The maximum Gasteiger partial charge on any atom is 0.194 e. The molecule has 1 fully saturated rings. The second kappa shape index (κ2) is 10.1. The topological polar surface area (TPSA) is 65.7 Å². The van der Waals surface area contributed by atoms with Gasteiger partial charge in [0.2, 0.25) is 0 Å². The number of rotatable bonds is 6. The van der Waals surface area contributed by atoms with Crippen molar-refractivity contribution < 1.29 is 5.11 Å². The average molecular weight is 483 g/mol. The molecule has 0 unspecified atom stereocenters. The molecule has 0 radical (unpaired) electrons. The van der Waals surface area contributed by atoms with Gasteiger partial charge in [-0.2, -0.15) is 5.10 Å². The number of aromatic nitrogens is 2. The standard InChI is InChI=1S/C20H29N5O.HI/c1-3-21-19(22-16-20(26)11-7-8-12-20)24(2)14-17-13-23-25(15-17)18-9-5-4-6-10-18;/h4-6,9-10,13,15,26H,3,7-8,11-12,14,16H2,1-2H3,(H,21,22);1H. The van der Waals surface area contributed by atoms with Crippen LogP contribution in [0.5, 0.6) is 0 Å². The number of hydrogen-bond acceptors (Lipinski definition) is 3. The first-order valence-electron chi connectivity index (χ1n) is 9.40. The molecule has 0 saturated heterocycles. The Morgan fingerprint density at radius 2 is 2.00 bits per heavy atom. The monoisotopic (exact) mass is 483 g/mol. The number of para-hydroxylation sites is 1. The molecule has 1 aliphatic rings. The third-order valence-electron chi connectivity index (χ3n) is 4.83. The van der Waals surface area contributed by atoms with Crippen molar-refractivity contribution in [1.29, 1.82) is 0 Å². The Labute approximate surface area is 178 Å². The largest absolute Gasteiger partial charge is 0.388 e. The molecule has 6 nitrogen and oxygen atoms in total.